The number of esters is 3. The van der Waals surface area contributed by atoms with Crippen LogP contribution in [0.2, 0.25) is 0 Å². The van der Waals surface area contributed by atoms with Crippen LogP contribution < -0.4 is 0 Å². The molecule has 0 fully saturated rings. The fraction of sp³-hybridized carbons (Fsp3) is 0.590. The van der Waals surface area contributed by atoms with Crippen molar-refractivity contribution >= 4 is 17.9 Å². The molecule has 0 heterocycles. The molecule has 0 bridgehead atoms. The highest BCUT2D eigenvalue weighted by molar-refractivity contribution is 5.72. The van der Waals surface area contributed by atoms with E-state index in [9.17, 15) is 14.4 Å². The summed E-state index contributed by atoms with van der Waals surface area (Å²) in [6, 6.07) is 0. The van der Waals surface area contributed by atoms with Crippen LogP contribution in [0.1, 0.15) is 213 Å². The Hall–Kier alpha value is -4.45. The summed E-state index contributed by atoms with van der Waals surface area (Å²) in [4.78, 5) is 37.9. The number of unbranched alkanes of at least 4 members (excludes halogenated alkanes) is 15. The van der Waals surface area contributed by atoms with Gasteiger partial charge in [-0.15, -0.1) is 0 Å². The van der Waals surface area contributed by atoms with Crippen molar-refractivity contribution in [1.29, 1.82) is 0 Å². The predicted molar refractivity (Wildman–Crippen MR) is 288 cm³/mol. The maximum atomic E-state index is 12.7. The highest BCUT2D eigenvalue weighted by atomic mass is 16.6. The summed E-state index contributed by atoms with van der Waals surface area (Å²) in [5.74, 6) is -1.23. The summed E-state index contributed by atoms with van der Waals surface area (Å²) in [7, 11) is 0. The molecule has 0 aliphatic heterocycles. The molecule has 0 amide bonds. The molecule has 0 spiro atoms. The van der Waals surface area contributed by atoms with Gasteiger partial charge in [0.15, 0.2) is 6.10 Å². The third-order valence-corrected chi connectivity index (χ3v) is 10.7. The van der Waals surface area contributed by atoms with Gasteiger partial charge in [0.2, 0.25) is 0 Å². The molecule has 0 saturated carbocycles. The Balaban J connectivity index is 4.60. The quantitative estimate of drug-likeness (QED) is 0.0262. The molecule has 376 valence electrons. The van der Waals surface area contributed by atoms with E-state index in [2.05, 4.69) is 130 Å². The largest absolute Gasteiger partial charge is 0.462 e. The highest BCUT2D eigenvalue weighted by Gasteiger charge is 2.19. The van der Waals surface area contributed by atoms with E-state index >= 15 is 0 Å². The van der Waals surface area contributed by atoms with Crippen molar-refractivity contribution in [3.8, 4) is 0 Å². The van der Waals surface area contributed by atoms with Gasteiger partial charge in [0.25, 0.3) is 0 Å². The molecule has 0 aliphatic carbocycles. The molecule has 1 unspecified atom stereocenters. The molecule has 1 atom stereocenters. The van der Waals surface area contributed by atoms with Crippen LogP contribution in [0.25, 0.3) is 0 Å². The molecule has 0 rings (SSSR count). The summed E-state index contributed by atoms with van der Waals surface area (Å²) in [5, 5.41) is 0. The smallest absolute Gasteiger partial charge is 0.310 e. The van der Waals surface area contributed by atoms with E-state index in [0.717, 1.165) is 70.6 Å². The van der Waals surface area contributed by atoms with Crippen LogP contribution in [0.3, 0.4) is 0 Å². The van der Waals surface area contributed by atoms with Gasteiger partial charge < -0.3 is 14.2 Å². The van der Waals surface area contributed by atoms with Gasteiger partial charge in [0.05, 0.1) is 12.8 Å². The highest BCUT2D eigenvalue weighted by Crippen LogP contribution is 2.13. The van der Waals surface area contributed by atoms with E-state index in [1.807, 2.05) is 12.2 Å². The fourth-order valence-electron chi connectivity index (χ4n) is 6.76. The lowest BCUT2D eigenvalue weighted by molar-refractivity contribution is -0.166. The van der Waals surface area contributed by atoms with Gasteiger partial charge in [-0.2, -0.15) is 0 Å². The first-order chi connectivity index (χ1) is 33.0. The van der Waals surface area contributed by atoms with Crippen molar-refractivity contribution in [2.24, 2.45) is 0 Å². The second-order valence-corrected chi connectivity index (χ2v) is 17.1. The molecule has 0 aromatic heterocycles. The van der Waals surface area contributed by atoms with Gasteiger partial charge in [-0.1, -0.05) is 231 Å². The summed E-state index contributed by atoms with van der Waals surface area (Å²) in [6.45, 7) is 6.22. The second-order valence-electron chi connectivity index (χ2n) is 17.1. The van der Waals surface area contributed by atoms with Crippen LogP contribution in [-0.4, -0.2) is 37.2 Å². The Morgan fingerprint density at radius 2 is 0.642 bits per heavy atom. The Bertz CT molecular complexity index is 1480. The van der Waals surface area contributed by atoms with Crippen LogP contribution in [0.4, 0.5) is 0 Å². The number of carbonyl (C=O) groups excluding carboxylic acids is 3. The molecule has 0 N–H and O–H groups in total. The van der Waals surface area contributed by atoms with E-state index in [1.54, 1.807) is 12.2 Å². The van der Waals surface area contributed by atoms with Crippen molar-refractivity contribution in [2.45, 2.75) is 219 Å². The topological polar surface area (TPSA) is 78.9 Å². The van der Waals surface area contributed by atoms with Crippen LogP contribution in [0, 0.1) is 0 Å². The Morgan fingerprint density at radius 1 is 0.328 bits per heavy atom. The normalized spacial score (nSPS) is 13.2. The first-order valence-corrected chi connectivity index (χ1v) is 26.7. The third kappa shape index (κ3) is 52.4. The minimum atomic E-state index is -0.877. The maximum Gasteiger partial charge on any atom is 0.310 e. The van der Waals surface area contributed by atoms with Crippen molar-refractivity contribution in [3.63, 3.8) is 0 Å². The van der Waals surface area contributed by atoms with Crippen LogP contribution in [0.15, 0.2) is 134 Å². The van der Waals surface area contributed by atoms with Crippen LogP contribution >= 0.6 is 0 Å². The number of hydrogen-bond donors (Lipinski definition) is 0. The molecule has 67 heavy (non-hydrogen) atoms. The van der Waals surface area contributed by atoms with E-state index in [4.69, 9.17) is 14.2 Å². The number of rotatable bonds is 46. The van der Waals surface area contributed by atoms with E-state index in [1.165, 1.54) is 89.9 Å². The first-order valence-electron chi connectivity index (χ1n) is 26.7. The van der Waals surface area contributed by atoms with Crippen molar-refractivity contribution in [2.75, 3.05) is 13.2 Å². The molecule has 6 nitrogen and oxygen atoms in total. The lowest BCUT2D eigenvalue weighted by atomic mass is 10.1. The van der Waals surface area contributed by atoms with E-state index in [-0.39, 0.29) is 32.0 Å². The van der Waals surface area contributed by atoms with Crippen molar-refractivity contribution in [1.82, 2.24) is 0 Å². The van der Waals surface area contributed by atoms with Crippen LogP contribution in [0.5, 0.6) is 0 Å². The number of allylic oxidation sites excluding steroid dienone is 20. The van der Waals surface area contributed by atoms with Gasteiger partial charge in [-0.25, -0.2) is 0 Å². The lowest BCUT2D eigenvalue weighted by Crippen LogP contribution is -2.30. The molecule has 0 aromatic carbocycles. The fourth-order valence-corrected chi connectivity index (χ4v) is 6.76. The zero-order chi connectivity index (χ0) is 48.6. The standard InChI is InChI=1S/C61H96O6/c1-4-7-10-13-16-19-22-25-28-29-30-31-34-36-39-42-45-48-51-54-60(63)66-57-58(67-61(64)55-52-49-46-43-40-37-33-27-24-21-18-15-12-9-6-3)56-65-59(62)53-50-47-44-41-38-35-32-26-23-20-17-14-11-8-5-2/h8-9,11-12,17-18,20-21,25-28,32-33,38,40-41,43,47,49-50,52,58H,4-7,10,13-16,19,22-24,29-31,34-37,39,42,44-46,48,51,53-57H2,1-3H3/b11-8-,12-9-,20-17-,21-18-,28-25-,32-26-,33-27-,41-38-,43-40-,50-47-,52-49-. The number of carbonyl (C=O) groups is 3. The molecule has 6 heteroatoms. The number of hydrogen-bond acceptors (Lipinski definition) is 6. The molecule has 0 aliphatic rings. The molecule has 0 saturated heterocycles. The van der Waals surface area contributed by atoms with Crippen molar-refractivity contribution in [3.05, 3.63) is 134 Å². The molecular formula is C61H96O6. The van der Waals surface area contributed by atoms with Crippen LogP contribution in [-0.2, 0) is 28.6 Å². The average Bonchev–Trinajstić information content (AvgIpc) is 3.33. The Kier molecular flexibility index (Phi) is 50.6. The van der Waals surface area contributed by atoms with E-state index < -0.39 is 18.0 Å². The van der Waals surface area contributed by atoms with Gasteiger partial charge in [0, 0.05) is 6.42 Å². The third-order valence-electron chi connectivity index (χ3n) is 10.7. The monoisotopic (exact) mass is 925 g/mol. The maximum absolute atomic E-state index is 12.7. The van der Waals surface area contributed by atoms with Gasteiger partial charge in [0.1, 0.15) is 13.2 Å². The van der Waals surface area contributed by atoms with E-state index in [0.29, 0.717) is 19.3 Å². The Labute approximate surface area is 411 Å². The minimum Gasteiger partial charge on any atom is -0.462 e. The summed E-state index contributed by atoms with van der Waals surface area (Å²) in [6.07, 6.45) is 76.3. The molecule has 0 radical (unpaired) electrons. The SMILES string of the molecule is CC/C=C\C/C=C\C/C=C\C/C=C\C/C=C\CC(=O)OCC(COC(=O)CCCCCCCCCCC/C=C\CCCCCCCC)OC(=O)C/C=C\C/C=C\C/C=C\C/C=C\C/C=C\CC. The summed E-state index contributed by atoms with van der Waals surface area (Å²) >= 11 is 0. The van der Waals surface area contributed by atoms with Gasteiger partial charge in [-0.05, 0) is 96.3 Å². The van der Waals surface area contributed by atoms with Crippen molar-refractivity contribution < 1.29 is 28.6 Å². The minimum absolute atomic E-state index is 0.0721. The van der Waals surface area contributed by atoms with Gasteiger partial charge >= 0.3 is 17.9 Å². The average molecular weight is 925 g/mol. The molecular weight excluding hydrogens is 829 g/mol. The lowest BCUT2D eigenvalue weighted by Gasteiger charge is -2.17. The zero-order valence-electron chi connectivity index (χ0n) is 42.9. The van der Waals surface area contributed by atoms with Gasteiger partial charge in [-0.3, -0.25) is 14.4 Å². The summed E-state index contributed by atoms with van der Waals surface area (Å²) in [5.41, 5.74) is 0. The predicted octanol–water partition coefficient (Wildman–Crippen LogP) is 17.9. The molecule has 0 aromatic rings. The summed E-state index contributed by atoms with van der Waals surface area (Å²) < 4.78 is 16.6. The second kappa shape index (κ2) is 54.2. The number of ether oxygens (including phenoxy) is 3. The Morgan fingerprint density at radius 3 is 1.03 bits per heavy atom. The zero-order valence-corrected chi connectivity index (χ0v) is 42.9. The first kappa shape index (κ1) is 62.5.